The highest BCUT2D eigenvalue weighted by Gasteiger charge is 2.11. The largest absolute Gasteiger partial charge is 0.497 e. The normalized spacial score (nSPS) is 9.83. The second-order valence-electron chi connectivity index (χ2n) is 15.5. The summed E-state index contributed by atoms with van der Waals surface area (Å²) in [5.41, 5.74) is 6.66. The minimum absolute atomic E-state index is 0.305. The van der Waals surface area contributed by atoms with E-state index in [1.807, 2.05) is 97.9 Å². The lowest BCUT2D eigenvalue weighted by molar-refractivity contribution is -0.138. The van der Waals surface area contributed by atoms with Gasteiger partial charge in [-0.25, -0.2) is 14.4 Å². The van der Waals surface area contributed by atoms with Crippen molar-refractivity contribution in [3.8, 4) is 64.3 Å². The van der Waals surface area contributed by atoms with Crippen LogP contribution in [-0.2, 0) is 19.1 Å². The van der Waals surface area contributed by atoms with Crippen LogP contribution in [0.25, 0.3) is 0 Å². The van der Waals surface area contributed by atoms with E-state index < -0.39 is 17.9 Å². The van der Waals surface area contributed by atoms with Crippen molar-refractivity contribution in [3.05, 3.63) is 208 Å². The molecule has 0 saturated carbocycles. The van der Waals surface area contributed by atoms with E-state index in [1.54, 1.807) is 56.7 Å². The Morgan fingerprint density at radius 2 is 0.889 bits per heavy atom. The molecule has 0 saturated heterocycles. The molecule has 6 rings (SSSR count). The van der Waals surface area contributed by atoms with Crippen LogP contribution in [0.5, 0.6) is 28.7 Å². The number of hydrogen-bond donors (Lipinski definition) is 0. The summed E-state index contributed by atoms with van der Waals surface area (Å²) >= 11 is 6.35. The van der Waals surface area contributed by atoms with Gasteiger partial charge >= 0.3 is 17.9 Å². The standard InChI is InChI=1S/C31H29ClO6.C30H26O4/c1-3-30(33)37-21-7-5-4-6-20-36-27-17-13-25(14-18-27)31(34)38-28-19-12-24(29(32)22-28)11-8-23-9-15-26(35-2)16-10-23;1-4-30(31)34-21-5-20-33-29-18-12-25(13-19-29)8-14-27-15-9-26(22-23(27)2)7-6-24-10-16-28(32-3)17-11-24/h3,9-10,12-19,22H,1,4-7,20-21H2,2H3;4,9-13,15-19,22H,1,5,20-21H2,2-3H3. The minimum Gasteiger partial charge on any atom is -0.497 e. The first kappa shape index (κ1) is 54.3. The topological polar surface area (TPSA) is 116 Å². The van der Waals surface area contributed by atoms with Gasteiger partial charge in [-0.05, 0) is 166 Å². The second kappa shape index (κ2) is 30.1. The smallest absolute Gasteiger partial charge is 0.343 e. The Morgan fingerprint density at radius 3 is 1.40 bits per heavy atom. The summed E-state index contributed by atoms with van der Waals surface area (Å²) in [5, 5.41) is 0.387. The Kier molecular flexibility index (Phi) is 22.7. The molecule has 0 heterocycles. The van der Waals surface area contributed by atoms with E-state index in [4.69, 9.17) is 44.8 Å². The second-order valence-corrected chi connectivity index (χ2v) is 15.9. The lowest BCUT2D eigenvalue weighted by Gasteiger charge is -2.08. The van der Waals surface area contributed by atoms with E-state index in [0.717, 1.165) is 88.5 Å². The van der Waals surface area contributed by atoms with Gasteiger partial charge < -0.3 is 33.2 Å². The van der Waals surface area contributed by atoms with Crippen molar-refractivity contribution >= 4 is 29.5 Å². The molecule has 0 fully saturated rings. The van der Waals surface area contributed by atoms with Gasteiger partial charge in [-0.15, -0.1) is 0 Å². The molecule has 0 amide bonds. The molecule has 0 unspecified atom stereocenters. The van der Waals surface area contributed by atoms with Crippen molar-refractivity contribution in [2.24, 2.45) is 0 Å². The zero-order valence-electron chi connectivity index (χ0n) is 40.6. The van der Waals surface area contributed by atoms with Crippen LogP contribution >= 0.6 is 11.6 Å². The molecule has 0 spiro atoms. The Bertz CT molecular complexity index is 2940. The van der Waals surface area contributed by atoms with Crippen molar-refractivity contribution in [3.63, 3.8) is 0 Å². The SMILES string of the molecule is C=CC(=O)OCCCCCCOc1ccc(C(=O)Oc2ccc(C#Cc3ccc(OC)cc3)c(Cl)c2)cc1.C=CC(=O)OCCCOc1ccc(C#Cc2ccc(C#Cc3ccc(OC)cc3)cc2C)cc1. The quantitative estimate of drug-likeness (QED) is 0.0255. The van der Waals surface area contributed by atoms with Crippen molar-refractivity contribution in [1.29, 1.82) is 0 Å². The van der Waals surface area contributed by atoms with Crippen LogP contribution in [-0.4, -0.2) is 58.6 Å². The summed E-state index contributed by atoms with van der Waals surface area (Å²) in [4.78, 5) is 34.5. The first-order valence-corrected chi connectivity index (χ1v) is 23.4. The van der Waals surface area contributed by atoms with Gasteiger partial charge in [0.2, 0.25) is 0 Å². The summed E-state index contributed by atoms with van der Waals surface area (Å²) < 4.78 is 37.0. The van der Waals surface area contributed by atoms with E-state index >= 15 is 0 Å². The average molecular weight is 984 g/mol. The molecule has 0 aliphatic carbocycles. The number of esters is 3. The molecule has 0 aliphatic heterocycles. The number of ether oxygens (including phenoxy) is 7. The molecule has 6 aromatic carbocycles. The average Bonchev–Trinajstić information content (AvgIpc) is 3.41. The Labute approximate surface area is 427 Å². The van der Waals surface area contributed by atoms with Crippen molar-refractivity contribution < 1.29 is 47.5 Å². The monoisotopic (exact) mass is 982 g/mol. The molecule has 0 aliphatic rings. The van der Waals surface area contributed by atoms with E-state index in [0.29, 0.717) is 60.5 Å². The van der Waals surface area contributed by atoms with E-state index in [1.165, 1.54) is 0 Å². The van der Waals surface area contributed by atoms with Crippen LogP contribution in [0.15, 0.2) is 159 Å². The lowest BCUT2D eigenvalue weighted by atomic mass is 10.0. The van der Waals surface area contributed by atoms with Gasteiger partial charge in [-0.1, -0.05) is 60.3 Å². The zero-order valence-corrected chi connectivity index (χ0v) is 41.4. The molecule has 11 heteroatoms. The molecule has 6 aromatic rings. The maximum absolute atomic E-state index is 12.6. The van der Waals surface area contributed by atoms with E-state index in [2.05, 4.69) is 48.7 Å². The summed E-state index contributed by atoms with van der Waals surface area (Å²) in [6.45, 7) is 10.5. The van der Waals surface area contributed by atoms with E-state index in [-0.39, 0.29) is 0 Å². The third-order valence-corrected chi connectivity index (χ3v) is 10.5. The van der Waals surface area contributed by atoms with Crippen molar-refractivity contribution in [1.82, 2.24) is 0 Å². The van der Waals surface area contributed by atoms with Crippen LogP contribution in [0, 0.1) is 42.4 Å². The molecular weight excluding hydrogens is 928 g/mol. The van der Waals surface area contributed by atoms with Gasteiger partial charge in [0.25, 0.3) is 0 Å². The number of carbonyl (C=O) groups excluding carboxylic acids is 3. The molecular formula is C61H55ClO10. The number of aryl methyl sites for hydroxylation is 1. The fraction of sp³-hybridized carbons (Fsp3) is 0.197. The van der Waals surface area contributed by atoms with Crippen LogP contribution in [0.1, 0.15) is 81.4 Å². The number of benzene rings is 6. The predicted molar refractivity (Wildman–Crippen MR) is 281 cm³/mol. The molecule has 0 radical (unpaired) electrons. The van der Waals surface area contributed by atoms with Crippen molar-refractivity contribution in [2.45, 2.75) is 39.0 Å². The van der Waals surface area contributed by atoms with E-state index in [9.17, 15) is 14.4 Å². The Morgan fingerprint density at radius 1 is 0.472 bits per heavy atom. The summed E-state index contributed by atoms with van der Waals surface area (Å²) in [6, 6.07) is 40.4. The predicted octanol–water partition coefficient (Wildman–Crippen LogP) is 11.9. The fourth-order valence-corrected chi connectivity index (χ4v) is 6.48. The van der Waals surface area contributed by atoms with Gasteiger partial charge in [-0.3, -0.25) is 0 Å². The highest BCUT2D eigenvalue weighted by atomic mass is 35.5. The van der Waals surface area contributed by atoms with Gasteiger partial charge in [0.15, 0.2) is 0 Å². The summed E-state index contributed by atoms with van der Waals surface area (Å²) in [7, 11) is 3.26. The highest BCUT2D eigenvalue weighted by molar-refractivity contribution is 6.31. The number of carbonyl (C=O) groups is 3. The van der Waals surface area contributed by atoms with Crippen LogP contribution in [0.4, 0.5) is 0 Å². The maximum Gasteiger partial charge on any atom is 0.343 e. The molecule has 0 bridgehead atoms. The highest BCUT2D eigenvalue weighted by Crippen LogP contribution is 2.24. The van der Waals surface area contributed by atoms with Gasteiger partial charge in [-0.2, -0.15) is 0 Å². The summed E-state index contributed by atoms with van der Waals surface area (Å²) in [5.74, 6) is 20.9. The summed E-state index contributed by atoms with van der Waals surface area (Å²) in [6.07, 6.45) is 6.51. The Balaban J connectivity index is 0.000000269. The molecule has 72 heavy (non-hydrogen) atoms. The van der Waals surface area contributed by atoms with Crippen LogP contribution in [0.3, 0.4) is 0 Å². The number of halogens is 1. The van der Waals surface area contributed by atoms with Crippen molar-refractivity contribution in [2.75, 3.05) is 40.6 Å². The number of methoxy groups -OCH3 is 2. The first-order valence-electron chi connectivity index (χ1n) is 23.1. The first-order chi connectivity index (χ1) is 35.0. The maximum atomic E-state index is 12.6. The molecule has 0 aromatic heterocycles. The third-order valence-electron chi connectivity index (χ3n) is 10.2. The fourth-order valence-electron chi connectivity index (χ4n) is 6.26. The number of hydrogen-bond acceptors (Lipinski definition) is 10. The lowest BCUT2D eigenvalue weighted by Crippen LogP contribution is -2.08. The molecule has 0 atom stereocenters. The number of rotatable bonds is 19. The van der Waals surface area contributed by atoms with Gasteiger partial charge in [0, 0.05) is 58.0 Å². The van der Waals surface area contributed by atoms with Crippen LogP contribution < -0.4 is 23.7 Å². The van der Waals surface area contributed by atoms with Gasteiger partial charge in [0.05, 0.1) is 51.2 Å². The number of unbranched alkanes of at least 4 members (excludes halogenated alkanes) is 3. The molecule has 10 nitrogen and oxygen atoms in total. The Hall–Kier alpha value is -8.62. The molecule has 366 valence electrons. The molecule has 0 N–H and O–H groups in total. The third kappa shape index (κ3) is 19.4. The minimum atomic E-state index is -0.498. The van der Waals surface area contributed by atoms with Crippen LogP contribution in [0.2, 0.25) is 5.02 Å². The van der Waals surface area contributed by atoms with Gasteiger partial charge in [0.1, 0.15) is 28.7 Å². The zero-order chi connectivity index (χ0) is 51.3.